The van der Waals surface area contributed by atoms with Crippen LogP contribution in [-0.2, 0) is 11.2 Å². The average Bonchev–Trinajstić information content (AvgIpc) is 3.21. The SMILES string of the molecule is CNC(=O)[C@H](Cc1c[nH]c2ccccc12)NC(=O)c1cncc(-c2ccc(C)cc2)c1. The van der Waals surface area contributed by atoms with Gasteiger partial charge >= 0.3 is 0 Å². The van der Waals surface area contributed by atoms with E-state index in [1.54, 1.807) is 19.3 Å². The van der Waals surface area contributed by atoms with Gasteiger partial charge in [-0.1, -0.05) is 48.0 Å². The molecular weight excluding hydrogens is 388 g/mol. The molecule has 0 unspecified atom stereocenters. The first-order valence-electron chi connectivity index (χ1n) is 10.1. The number of pyridine rings is 1. The number of aromatic amines is 1. The lowest BCUT2D eigenvalue weighted by atomic mass is 10.0. The van der Waals surface area contributed by atoms with E-state index in [2.05, 4.69) is 20.6 Å². The number of fused-ring (bicyclic) bond motifs is 1. The summed E-state index contributed by atoms with van der Waals surface area (Å²) in [5.74, 6) is -0.587. The molecule has 3 N–H and O–H groups in total. The number of amides is 2. The maximum absolute atomic E-state index is 13.0. The monoisotopic (exact) mass is 412 g/mol. The van der Waals surface area contributed by atoms with Gasteiger partial charge in [-0.2, -0.15) is 0 Å². The lowest BCUT2D eigenvalue weighted by Gasteiger charge is -2.17. The number of aromatic nitrogens is 2. The average molecular weight is 412 g/mol. The number of H-pyrrole nitrogens is 1. The van der Waals surface area contributed by atoms with E-state index in [0.29, 0.717) is 12.0 Å². The highest BCUT2D eigenvalue weighted by Gasteiger charge is 2.22. The van der Waals surface area contributed by atoms with Gasteiger partial charge < -0.3 is 15.6 Å². The number of rotatable bonds is 6. The molecule has 31 heavy (non-hydrogen) atoms. The fraction of sp³-hybridized carbons (Fsp3) is 0.160. The second kappa shape index (κ2) is 8.83. The molecule has 0 saturated heterocycles. The first kappa shape index (κ1) is 20.3. The molecule has 0 aliphatic rings. The maximum Gasteiger partial charge on any atom is 0.253 e. The molecule has 2 amide bonds. The van der Waals surface area contributed by atoms with Crippen molar-refractivity contribution in [3.63, 3.8) is 0 Å². The predicted molar refractivity (Wildman–Crippen MR) is 122 cm³/mol. The molecule has 0 saturated carbocycles. The van der Waals surface area contributed by atoms with E-state index in [4.69, 9.17) is 0 Å². The molecule has 0 aliphatic carbocycles. The summed E-state index contributed by atoms with van der Waals surface area (Å²) in [6, 6.07) is 17.0. The van der Waals surface area contributed by atoms with Crippen LogP contribution < -0.4 is 10.6 Å². The molecule has 0 radical (unpaired) electrons. The van der Waals surface area contributed by atoms with Crippen molar-refractivity contribution in [1.82, 2.24) is 20.6 Å². The number of nitrogens with zero attached hydrogens (tertiary/aromatic N) is 1. The minimum atomic E-state index is -0.709. The minimum Gasteiger partial charge on any atom is -0.361 e. The Morgan fingerprint density at radius 2 is 1.81 bits per heavy atom. The van der Waals surface area contributed by atoms with Gasteiger partial charge in [-0.3, -0.25) is 14.6 Å². The van der Waals surface area contributed by atoms with Crippen LogP contribution in [-0.4, -0.2) is 34.9 Å². The number of likely N-dealkylation sites (N-methyl/N-ethyl adjacent to an activating group) is 1. The zero-order chi connectivity index (χ0) is 21.8. The summed E-state index contributed by atoms with van der Waals surface area (Å²) < 4.78 is 0. The third-order valence-electron chi connectivity index (χ3n) is 5.35. The van der Waals surface area contributed by atoms with E-state index in [1.165, 1.54) is 6.20 Å². The minimum absolute atomic E-state index is 0.249. The summed E-state index contributed by atoms with van der Waals surface area (Å²) in [6.45, 7) is 2.03. The van der Waals surface area contributed by atoms with Crippen molar-refractivity contribution in [1.29, 1.82) is 0 Å². The molecule has 0 aliphatic heterocycles. The van der Waals surface area contributed by atoms with Crippen LogP contribution in [0.5, 0.6) is 0 Å². The Labute approximate surface area is 180 Å². The van der Waals surface area contributed by atoms with Crippen LogP contribution in [0.15, 0.2) is 73.2 Å². The first-order chi connectivity index (χ1) is 15.0. The molecule has 1 atom stereocenters. The lowest BCUT2D eigenvalue weighted by molar-refractivity contribution is -0.122. The van der Waals surface area contributed by atoms with Crippen molar-refractivity contribution in [2.45, 2.75) is 19.4 Å². The summed E-state index contributed by atoms with van der Waals surface area (Å²) in [6.07, 6.45) is 5.50. The molecule has 2 aromatic carbocycles. The predicted octanol–water partition coefficient (Wildman–Crippen LogP) is 3.63. The topological polar surface area (TPSA) is 86.9 Å². The zero-order valence-electron chi connectivity index (χ0n) is 17.5. The second-order valence-corrected chi connectivity index (χ2v) is 7.53. The Morgan fingerprint density at radius 3 is 2.58 bits per heavy atom. The number of aryl methyl sites for hydroxylation is 1. The molecule has 6 nitrogen and oxygen atoms in total. The molecule has 2 heterocycles. The Morgan fingerprint density at radius 1 is 1.03 bits per heavy atom. The van der Waals surface area contributed by atoms with Crippen molar-refractivity contribution in [2.75, 3.05) is 7.05 Å². The van der Waals surface area contributed by atoms with Gasteiger partial charge in [-0.25, -0.2) is 0 Å². The Hall–Kier alpha value is -3.93. The summed E-state index contributed by atoms with van der Waals surface area (Å²) >= 11 is 0. The third-order valence-corrected chi connectivity index (χ3v) is 5.35. The van der Waals surface area contributed by atoms with Gasteiger partial charge in [0.1, 0.15) is 6.04 Å². The Kier molecular flexibility index (Phi) is 5.80. The number of hydrogen-bond donors (Lipinski definition) is 3. The summed E-state index contributed by atoms with van der Waals surface area (Å²) in [7, 11) is 1.57. The van der Waals surface area contributed by atoms with E-state index in [-0.39, 0.29) is 11.8 Å². The molecule has 0 bridgehead atoms. The molecular formula is C25H24N4O2. The number of carbonyl (C=O) groups excluding carboxylic acids is 2. The summed E-state index contributed by atoms with van der Waals surface area (Å²) in [5, 5.41) is 6.55. The van der Waals surface area contributed by atoms with Crippen molar-refractivity contribution in [2.24, 2.45) is 0 Å². The lowest BCUT2D eigenvalue weighted by Crippen LogP contribution is -2.47. The van der Waals surface area contributed by atoms with E-state index < -0.39 is 6.04 Å². The van der Waals surface area contributed by atoms with Gasteiger partial charge in [0.15, 0.2) is 0 Å². The number of hydrogen-bond acceptors (Lipinski definition) is 3. The summed E-state index contributed by atoms with van der Waals surface area (Å²) in [4.78, 5) is 32.9. The van der Waals surface area contributed by atoms with Crippen molar-refractivity contribution >= 4 is 22.7 Å². The van der Waals surface area contributed by atoms with Gasteiger partial charge in [-0.05, 0) is 30.2 Å². The smallest absolute Gasteiger partial charge is 0.253 e. The molecule has 0 fully saturated rings. The highest BCUT2D eigenvalue weighted by Crippen LogP contribution is 2.21. The van der Waals surface area contributed by atoms with E-state index >= 15 is 0 Å². The van der Waals surface area contributed by atoms with Crippen LogP contribution >= 0.6 is 0 Å². The van der Waals surface area contributed by atoms with Gasteiger partial charge in [0.05, 0.1) is 5.56 Å². The van der Waals surface area contributed by atoms with E-state index in [0.717, 1.165) is 33.2 Å². The normalized spacial score (nSPS) is 11.8. The molecule has 156 valence electrons. The number of nitrogens with one attached hydrogen (secondary N) is 3. The molecule has 6 heteroatoms. The molecule has 2 aromatic heterocycles. The largest absolute Gasteiger partial charge is 0.361 e. The van der Waals surface area contributed by atoms with Crippen LogP contribution in [0.25, 0.3) is 22.0 Å². The highest BCUT2D eigenvalue weighted by molar-refractivity contribution is 5.98. The molecule has 4 rings (SSSR count). The van der Waals surface area contributed by atoms with Crippen LogP contribution in [0.4, 0.5) is 0 Å². The van der Waals surface area contributed by atoms with Crippen LogP contribution in [0, 0.1) is 6.92 Å². The van der Waals surface area contributed by atoms with Gasteiger partial charge in [0, 0.05) is 48.5 Å². The highest BCUT2D eigenvalue weighted by atomic mass is 16.2. The number of carbonyl (C=O) groups is 2. The number of para-hydroxylation sites is 1. The molecule has 4 aromatic rings. The van der Waals surface area contributed by atoms with Crippen LogP contribution in [0.1, 0.15) is 21.5 Å². The van der Waals surface area contributed by atoms with Crippen molar-refractivity contribution < 1.29 is 9.59 Å². The molecule has 0 spiro atoms. The van der Waals surface area contributed by atoms with E-state index in [9.17, 15) is 9.59 Å². The van der Waals surface area contributed by atoms with Crippen LogP contribution in [0.2, 0.25) is 0 Å². The quantitative estimate of drug-likeness (QED) is 0.452. The maximum atomic E-state index is 13.0. The van der Waals surface area contributed by atoms with Crippen molar-refractivity contribution in [3.05, 3.63) is 89.9 Å². The van der Waals surface area contributed by atoms with Gasteiger partial charge in [0.2, 0.25) is 5.91 Å². The third kappa shape index (κ3) is 4.48. The van der Waals surface area contributed by atoms with E-state index in [1.807, 2.05) is 61.7 Å². The number of benzene rings is 2. The van der Waals surface area contributed by atoms with Crippen molar-refractivity contribution in [3.8, 4) is 11.1 Å². The standard InChI is InChI=1S/C25H24N4O2/c1-16-7-9-17(10-8-16)18-11-20(14-27-13-18)24(30)29-23(25(31)26-2)12-19-15-28-22-6-4-3-5-21(19)22/h3-11,13-15,23,28H,12H2,1-2H3,(H,26,31)(H,29,30)/t23-/m0/s1. The summed E-state index contributed by atoms with van der Waals surface area (Å²) in [5.41, 5.74) is 5.36. The van der Waals surface area contributed by atoms with Crippen LogP contribution in [0.3, 0.4) is 0 Å². The first-order valence-corrected chi connectivity index (χ1v) is 10.1. The second-order valence-electron chi connectivity index (χ2n) is 7.53. The van der Waals surface area contributed by atoms with Gasteiger partial charge in [-0.15, -0.1) is 0 Å². The van der Waals surface area contributed by atoms with Gasteiger partial charge in [0.25, 0.3) is 5.91 Å². The fourth-order valence-corrected chi connectivity index (χ4v) is 3.61. The fourth-order valence-electron chi connectivity index (χ4n) is 3.61. The Bertz CT molecular complexity index is 1230. The zero-order valence-corrected chi connectivity index (χ0v) is 17.5. The Balaban J connectivity index is 1.56.